The van der Waals surface area contributed by atoms with Crippen molar-refractivity contribution in [1.29, 1.82) is 0 Å². The number of rotatable bonds is 5. The van der Waals surface area contributed by atoms with Crippen LogP contribution < -0.4 is 5.32 Å². The fourth-order valence-corrected chi connectivity index (χ4v) is 4.42. The summed E-state index contributed by atoms with van der Waals surface area (Å²) in [4.78, 5) is 6.91. The van der Waals surface area contributed by atoms with Crippen LogP contribution in [0.2, 0.25) is 5.02 Å². The molecule has 142 valence electrons. The first-order valence-corrected chi connectivity index (χ1v) is 10.9. The molecule has 2 aromatic carbocycles. The summed E-state index contributed by atoms with van der Waals surface area (Å²) in [6.45, 7) is 5.24. The van der Waals surface area contributed by atoms with Crippen molar-refractivity contribution in [3.63, 3.8) is 0 Å². The molecule has 1 saturated heterocycles. The molecule has 1 aliphatic heterocycles. The number of aliphatic imine (C=N–C) groups is 1. The van der Waals surface area contributed by atoms with Crippen LogP contribution in [-0.2, 0) is 6.42 Å². The predicted octanol–water partition coefficient (Wildman–Crippen LogP) is 6.50. The van der Waals surface area contributed by atoms with Gasteiger partial charge in [0.25, 0.3) is 0 Å². The van der Waals surface area contributed by atoms with Crippen LogP contribution in [0, 0.1) is 0 Å². The summed E-state index contributed by atoms with van der Waals surface area (Å²) in [5.74, 6) is 0. The highest BCUT2D eigenvalue weighted by Crippen LogP contribution is 2.29. The third kappa shape index (κ3) is 5.71. The van der Waals surface area contributed by atoms with Crippen LogP contribution in [0.3, 0.4) is 0 Å². The number of amidine groups is 1. The predicted molar refractivity (Wildman–Crippen MR) is 124 cm³/mol. The molecular formula is C21H24ClN3S2. The van der Waals surface area contributed by atoms with Crippen LogP contribution in [0.4, 0.5) is 11.4 Å². The topological polar surface area (TPSA) is 27.6 Å². The lowest BCUT2D eigenvalue weighted by molar-refractivity contribution is 0.641. The molecule has 1 atom stereocenters. The normalized spacial score (nSPS) is 18.1. The second-order valence-corrected chi connectivity index (χ2v) is 8.87. The van der Waals surface area contributed by atoms with Crippen molar-refractivity contribution < 1.29 is 0 Å². The molecule has 6 heteroatoms. The zero-order valence-corrected chi connectivity index (χ0v) is 18.0. The molecule has 27 heavy (non-hydrogen) atoms. The molecule has 1 fully saturated rings. The summed E-state index contributed by atoms with van der Waals surface area (Å²) in [5.41, 5.74) is 3.21. The quantitative estimate of drug-likeness (QED) is 0.561. The van der Waals surface area contributed by atoms with E-state index in [1.165, 1.54) is 18.4 Å². The first kappa shape index (κ1) is 20.2. The number of thiocarbonyl (C=S) groups is 1. The van der Waals surface area contributed by atoms with E-state index in [9.17, 15) is 0 Å². The van der Waals surface area contributed by atoms with Crippen LogP contribution >= 0.6 is 35.6 Å². The summed E-state index contributed by atoms with van der Waals surface area (Å²) >= 11 is 13.4. The van der Waals surface area contributed by atoms with Gasteiger partial charge in [0.05, 0.1) is 5.69 Å². The molecule has 1 N–H and O–H groups in total. The fourth-order valence-electron chi connectivity index (χ4n) is 2.86. The van der Waals surface area contributed by atoms with Crippen molar-refractivity contribution in [2.24, 2.45) is 4.99 Å². The van der Waals surface area contributed by atoms with Crippen molar-refractivity contribution in [3.05, 3.63) is 59.1 Å². The molecule has 1 aliphatic rings. The average Bonchev–Trinajstić information content (AvgIpc) is 3.01. The number of hydrogen-bond acceptors (Lipinski definition) is 3. The Morgan fingerprint density at radius 1 is 1.30 bits per heavy atom. The van der Waals surface area contributed by atoms with Crippen molar-refractivity contribution in [3.8, 4) is 0 Å². The van der Waals surface area contributed by atoms with E-state index < -0.39 is 0 Å². The molecule has 1 heterocycles. The van der Waals surface area contributed by atoms with E-state index in [4.69, 9.17) is 28.8 Å². The SMILES string of the molecule is CCCCc1ccc(/N=C2/SC(C)CN2C(=S)Nc2cccc(Cl)c2)cc1. The molecule has 3 rings (SSSR count). The van der Waals surface area contributed by atoms with E-state index in [-0.39, 0.29) is 0 Å². The molecule has 0 radical (unpaired) electrons. The van der Waals surface area contributed by atoms with Crippen LogP contribution in [0.5, 0.6) is 0 Å². The minimum Gasteiger partial charge on any atom is -0.332 e. The van der Waals surface area contributed by atoms with Gasteiger partial charge in [0, 0.05) is 22.5 Å². The number of nitrogens with zero attached hydrogens (tertiary/aromatic N) is 2. The first-order chi connectivity index (χ1) is 13.0. The van der Waals surface area contributed by atoms with Gasteiger partial charge in [-0.2, -0.15) is 0 Å². The fraction of sp³-hybridized carbons (Fsp3) is 0.333. The number of aryl methyl sites for hydroxylation is 1. The number of hydrogen-bond donors (Lipinski definition) is 1. The number of thioether (sulfide) groups is 1. The first-order valence-electron chi connectivity index (χ1n) is 9.23. The maximum atomic E-state index is 6.07. The highest BCUT2D eigenvalue weighted by Gasteiger charge is 2.28. The Labute approximate surface area is 176 Å². The molecule has 1 unspecified atom stereocenters. The van der Waals surface area contributed by atoms with Crippen molar-refractivity contribution in [1.82, 2.24) is 4.90 Å². The van der Waals surface area contributed by atoms with Crippen LogP contribution in [0.15, 0.2) is 53.5 Å². The standard InChI is InChI=1S/C21H24ClN3S2/c1-3-4-6-16-9-11-18(12-10-16)24-21-25(14-15(2)27-21)20(26)23-19-8-5-7-17(22)13-19/h5,7-13,15H,3-4,6,14H2,1-2H3,(H,23,26)/b24-21+. The second kappa shape index (κ2) is 9.58. The van der Waals surface area contributed by atoms with Crippen LogP contribution in [0.25, 0.3) is 0 Å². The minimum absolute atomic E-state index is 0.437. The highest BCUT2D eigenvalue weighted by atomic mass is 35.5. The zero-order valence-electron chi connectivity index (χ0n) is 15.6. The lowest BCUT2D eigenvalue weighted by atomic mass is 10.1. The van der Waals surface area contributed by atoms with E-state index >= 15 is 0 Å². The van der Waals surface area contributed by atoms with E-state index in [2.05, 4.69) is 48.3 Å². The third-order valence-corrected chi connectivity index (χ3v) is 5.91. The highest BCUT2D eigenvalue weighted by molar-refractivity contribution is 8.14. The van der Waals surface area contributed by atoms with E-state index in [0.717, 1.165) is 29.5 Å². The van der Waals surface area contributed by atoms with Gasteiger partial charge >= 0.3 is 0 Å². The van der Waals surface area contributed by atoms with Gasteiger partial charge in [-0.3, -0.25) is 4.90 Å². The monoisotopic (exact) mass is 417 g/mol. The number of benzene rings is 2. The van der Waals surface area contributed by atoms with Gasteiger partial charge in [-0.25, -0.2) is 4.99 Å². The maximum Gasteiger partial charge on any atom is 0.179 e. The van der Waals surface area contributed by atoms with Gasteiger partial charge in [0.2, 0.25) is 0 Å². The Bertz CT molecular complexity index is 820. The molecule has 0 aromatic heterocycles. The molecule has 0 bridgehead atoms. The third-order valence-electron chi connectivity index (χ3n) is 4.28. The van der Waals surface area contributed by atoms with E-state index in [1.54, 1.807) is 11.8 Å². The van der Waals surface area contributed by atoms with Gasteiger partial charge in [-0.1, -0.05) is 61.8 Å². The lowest BCUT2D eigenvalue weighted by Crippen LogP contribution is -2.36. The lowest BCUT2D eigenvalue weighted by Gasteiger charge is -2.20. The average molecular weight is 418 g/mol. The van der Waals surface area contributed by atoms with Gasteiger partial charge < -0.3 is 5.32 Å². The summed E-state index contributed by atoms with van der Waals surface area (Å²) in [6.07, 6.45) is 3.56. The minimum atomic E-state index is 0.437. The van der Waals surface area contributed by atoms with Gasteiger partial charge in [0.1, 0.15) is 0 Å². The molecule has 2 aromatic rings. The number of unbranched alkanes of at least 4 members (excludes halogenated alkanes) is 1. The maximum absolute atomic E-state index is 6.07. The van der Waals surface area contributed by atoms with Gasteiger partial charge in [0.15, 0.2) is 10.3 Å². The summed E-state index contributed by atoms with van der Waals surface area (Å²) < 4.78 is 0. The van der Waals surface area contributed by atoms with Crippen molar-refractivity contribution >= 4 is 57.2 Å². The molecule has 0 amide bonds. The summed E-state index contributed by atoms with van der Waals surface area (Å²) in [7, 11) is 0. The Balaban J connectivity index is 1.73. The smallest absolute Gasteiger partial charge is 0.179 e. The summed E-state index contributed by atoms with van der Waals surface area (Å²) in [5, 5.41) is 5.97. The molecule has 0 saturated carbocycles. The summed E-state index contributed by atoms with van der Waals surface area (Å²) in [6, 6.07) is 16.1. The molecular weight excluding hydrogens is 394 g/mol. The van der Waals surface area contributed by atoms with Gasteiger partial charge in [-0.15, -0.1) is 0 Å². The number of anilines is 1. The number of nitrogens with one attached hydrogen (secondary N) is 1. The van der Waals surface area contributed by atoms with E-state index in [1.807, 2.05) is 24.3 Å². The Kier molecular flexibility index (Phi) is 7.16. The van der Waals surface area contributed by atoms with Crippen LogP contribution in [0.1, 0.15) is 32.3 Å². The van der Waals surface area contributed by atoms with E-state index in [0.29, 0.717) is 15.4 Å². The molecule has 0 spiro atoms. The molecule has 0 aliphatic carbocycles. The van der Waals surface area contributed by atoms with Crippen molar-refractivity contribution in [2.75, 3.05) is 11.9 Å². The zero-order chi connectivity index (χ0) is 19.2. The molecule has 3 nitrogen and oxygen atoms in total. The Morgan fingerprint density at radius 3 is 2.78 bits per heavy atom. The largest absolute Gasteiger partial charge is 0.332 e. The Hall–Kier alpha value is -1.56. The van der Waals surface area contributed by atoms with Crippen molar-refractivity contribution in [2.45, 2.75) is 38.4 Å². The number of halogens is 1. The second-order valence-electron chi connectivity index (χ2n) is 6.64. The Morgan fingerprint density at radius 2 is 2.07 bits per heavy atom. The van der Waals surface area contributed by atoms with Gasteiger partial charge in [-0.05, 0) is 61.0 Å². The van der Waals surface area contributed by atoms with Crippen LogP contribution in [-0.4, -0.2) is 27.0 Å².